The highest BCUT2D eigenvalue weighted by Gasteiger charge is 2.37. The molecular formula is C12H20N2S. The molecule has 3 N–H and O–H groups in total. The van der Waals surface area contributed by atoms with Gasteiger partial charge in [-0.3, -0.25) is 11.3 Å². The van der Waals surface area contributed by atoms with Crippen molar-refractivity contribution in [3.8, 4) is 0 Å². The molecule has 0 spiro atoms. The van der Waals surface area contributed by atoms with E-state index in [1.807, 2.05) is 11.3 Å². The molecule has 1 aromatic heterocycles. The van der Waals surface area contributed by atoms with Crippen LogP contribution in [0, 0.1) is 12.3 Å². The lowest BCUT2D eigenvalue weighted by Crippen LogP contribution is -2.38. The molecule has 1 aliphatic rings. The summed E-state index contributed by atoms with van der Waals surface area (Å²) in [5, 5.41) is 2.24. The summed E-state index contributed by atoms with van der Waals surface area (Å²) in [4.78, 5) is 1.37. The average Bonchev–Trinajstić information content (AvgIpc) is 2.78. The van der Waals surface area contributed by atoms with Crippen LogP contribution in [0.5, 0.6) is 0 Å². The van der Waals surface area contributed by atoms with Gasteiger partial charge in [-0.2, -0.15) is 0 Å². The first kappa shape index (κ1) is 11.1. The minimum atomic E-state index is 0.324. The molecule has 2 rings (SSSR count). The minimum absolute atomic E-state index is 0.324. The molecule has 0 bridgehead atoms. The Kier molecular flexibility index (Phi) is 3.14. The van der Waals surface area contributed by atoms with Crippen LogP contribution < -0.4 is 11.3 Å². The molecule has 1 fully saturated rings. The predicted molar refractivity (Wildman–Crippen MR) is 65.7 cm³/mol. The van der Waals surface area contributed by atoms with E-state index in [-0.39, 0.29) is 0 Å². The molecule has 0 saturated heterocycles. The van der Waals surface area contributed by atoms with E-state index in [4.69, 9.17) is 5.84 Å². The minimum Gasteiger partial charge on any atom is -0.271 e. The van der Waals surface area contributed by atoms with E-state index in [1.165, 1.54) is 36.1 Å². The topological polar surface area (TPSA) is 38.0 Å². The fraction of sp³-hybridized carbons (Fsp3) is 0.667. The van der Waals surface area contributed by atoms with Crippen molar-refractivity contribution in [1.29, 1.82) is 0 Å². The number of hydrogen-bond donors (Lipinski definition) is 2. The van der Waals surface area contributed by atoms with Crippen LogP contribution in [-0.4, -0.2) is 0 Å². The summed E-state index contributed by atoms with van der Waals surface area (Å²) in [6, 6.07) is 2.59. The largest absolute Gasteiger partial charge is 0.271 e. The van der Waals surface area contributed by atoms with Crippen molar-refractivity contribution >= 4 is 11.3 Å². The molecule has 0 aromatic carbocycles. The van der Waals surface area contributed by atoms with E-state index in [2.05, 4.69) is 30.7 Å². The van der Waals surface area contributed by atoms with E-state index >= 15 is 0 Å². The first-order valence-corrected chi connectivity index (χ1v) is 6.55. The van der Waals surface area contributed by atoms with Crippen LogP contribution in [0.1, 0.15) is 49.1 Å². The SMILES string of the molecule is Cc1cc(C(NN)C2(C)CCCC2)cs1. The Labute approximate surface area is 95.8 Å². The third-order valence-corrected chi connectivity index (χ3v) is 4.57. The van der Waals surface area contributed by atoms with Gasteiger partial charge in [0.05, 0.1) is 6.04 Å². The fourth-order valence-corrected chi connectivity index (χ4v) is 3.52. The monoisotopic (exact) mass is 224 g/mol. The molecule has 3 heteroatoms. The van der Waals surface area contributed by atoms with Gasteiger partial charge in [-0.05, 0) is 42.2 Å². The Morgan fingerprint density at radius 1 is 1.47 bits per heavy atom. The molecule has 1 atom stereocenters. The second-order valence-electron chi connectivity index (χ2n) is 4.95. The zero-order valence-electron chi connectivity index (χ0n) is 9.55. The molecule has 1 heterocycles. The van der Waals surface area contributed by atoms with E-state index in [0.29, 0.717) is 11.5 Å². The van der Waals surface area contributed by atoms with Crippen molar-refractivity contribution in [1.82, 2.24) is 5.43 Å². The van der Waals surface area contributed by atoms with Gasteiger partial charge in [0.2, 0.25) is 0 Å². The maximum absolute atomic E-state index is 5.73. The highest BCUT2D eigenvalue weighted by molar-refractivity contribution is 7.10. The van der Waals surface area contributed by atoms with Crippen molar-refractivity contribution in [3.63, 3.8) is 0 Å². The van der Waals surface area contributed by atoms with Crippen molar-refractivity contribution in [3.05, 3.63) is 21.9 Å². The van der Waals surface area contributed by atoms with Crippen LogP contribution in [0.3, 0.4) is 0 Å². The zero-order chi connectivity index (χ0) is 10.9. The molecular weight excluding hydrogens is 204 g/mol. The number of hydrazine groups is 1. The van der Waals surface area contributed by atoms with E-state index in [1.54, 1.807) is 0 Å². The van der Waals surface area contributed by atoms with E-state index in [0.717, 1.165) is 0 Å². The van der Waals surface area contributed by atoms with Gasteiger partial charge in [0.1, 0.15) is 0 Å². The molecule has 0 radical (unpaired) electrons. The Hall–Kier alpha value is -0.380. The maximum Gasteiger partial charge on any atom is 0.0521 e. The molecule has 1 aromatic rings. The zero-order valence-corrected chi connectivity index (χ0v) is 10.4. The number of rotatable bonds is 3. The van der Waals surface area contributed by atoms with Gasteiger partial charge in [0.15, 0.2) is 0 Å². The number of thiophene rings is 1. The standard InChI is InChI=1S/C12H20N2S/c1-9-7-10(8-15-9)11(14-13)12(2)5-3-4-6-12/h7-8,11,14H,3-6,13H2,1-2H3. The lowest BCUT2D eigenvalue weighted by atomic mass is 9.78. The van der Waals surface area contributed by atoms with E-state index in [9.17, 15) is 0 Å². The summed E-state index contributed by atoms with van der Waals surface area (Å²) in [6.45, 7) is 4.51. The Bertz CT molecular complexity index is 326. The molecule has 0 amide bonds. The van der Waals surface area contributed by atoms with Crippen LogP contribution in [0.2, 0.25) is 0 Å². The van der Waals surface area contributed by atoms with Crippen molar-refractivity contribution in [2.45, 2.75) is 45.6 Å². The van der Waals surface area contributed by atoms with Crippen LogP contribution in [0.15, 0.2) is 11.4 Å². The van der Waals surface area contributed by atoms with Crippen LogP contribution >= 0.6 is 11.3 Å². The Morgan fingerprint density at radius 3 is 2.60 bits per heavy atom. The van der Waals surface area contributed by atoms with Gasteiger partial charge in [-0.15, -0.1) is 11.3 Å². The molecule has 0 aliphatic heterocycles. The normalized spacial score (nSPS) is 21.8. The lowest BCUT2D eigenvalue weighted by Gasteiger charge is -2.33. The number of nitrogens with two attached hydrogens (primary N) is 1. The molecule has 15 heavy (non-hydrogen) atoms. The third kappa shape index (κ3) is 2.10. The highest BCUT2D eigenvalue weighted by atomic mass is 32.1. The summed E-state index contributed by atoms with van der Waals surface area (Å²) in [5.41, 5.74) is 4.74. The van der Waals surface area contributed by atoms with Crippen molar-refractivity contribution < 1.29 is 0 Å². The Morgan fingerprint density at radius 2 is 2.13 bits per heavy atom. The first-order valence-electron chi connectivity index (χ1n) is 5.67. The quantitative estimate of drug-likeness (QED) is 0.611. The molecule has 1 unspecified atom stereocenters. The molecule has 84 valence electrons. The summed E-state index contributed by atoms with van der Waals surface area (Å²) in [6.07, 6.45) is 5.27. The highest BCUT2D eigenvalue weighted by Crippen LogP contribution is 2.47. The summed E-state index contributed by atoms with van der Waals surface area (Å²) < 4.78 is 0. The van der Waals surface area contributed by atoms with Gasteiger partial charge >= 0.3 is 0 Å². The molecule has 2 nitrogen and oxygen atoms in total. The smallest absolute Gasteiger partial charge is 0.0521 e. The fourth-order valence-electron chi connectivity index (χ4n) is 2.79. The van der Waals surface area contributed by atoms with Gasteiger partial charge < -0.3 is 0 Å². The number of hydrogen-bond acceptors (Lipinski definition) is 3. The van der Waals surface area contributed by atoms with Gasteiger partial charge in [-0.25, -0.2) is 0 Å². The first-order chi connectivity index (χ1) is 7.15. The summed E-state index contributed by atoms with van der Waals surface area (Å²) in [5.74, 6) is 5.73. The number of aryl methyl sites for hydroxylation is 1. The van der Waals surface area contributed by atoms with Crippen LogP contribution in [-0.2, 0) is 0 Å². The van der Waals surface area contributed by atoms with Gasteiger partial charge in [0, 0.05) is 4.88 Å². The van der Waals surface area contributed by atoms with E-state index < -0.39 is 0 Å². The van der Waals surface area contributed by atoms with Gasteiger partial charge in [0.25, 0.3) is 0 Å². The number of nitrogens with one attached hydrogen (secondary N) is 1. The second-order valence-corrected chi connectivity index (χ2v) is 6.07. The summed E-state index contributed by atoms with van der Waals surface area (Å²) in [7, 11) is 0. The Balaban J connectivity index is 2.23. The summed E-state index contributed by atoms with van der Waals surface area (Å²) >= 11 is 1.81. The predicted octanol–water partition coefficient (Wildman–Crippen LogP) is 3.14. The van der Waals surface area contributed by atoms with Crippen LogP contribution in [0.25, 0.3) is 0 Å². The maximum atomic E-state index is 5.73. The van der Waals surface area contributed by atoms with Crippen molar-refractivity contribution in [2.24, 2.45) is 11.3 Å². The van der Waals surface area contributed by atoms with Crippen molar-refractivity contribution in [2.75, 3.05) is 0 Å². The third-order valence-electron chi connectivity index (χ3n) is 3.69. The average molecular weight is 224 g/mol. The molecule has 1 aliphatic carbocycles. The molecule has 1 saturated carbocycles. The lowest BCUT2D eigenvalue weighted by molar-refractivity contribution is 0.225. The van der Waals surface area contributed by atoms with Crippen LogP contribution in [0.4, 0.5) is 0 Å². The van der Waals surface area contributed by atoms with Gasteiger partial charge in [-0.1, -0.05) is 19.8 Å². The second kappa shape index (κ2) is 4.24.